The maximum atomic E-state index is 13.3. The highest BCUT2D eigenvalue weighted by atomic mass is 19.1. The van der Waals surface area contributed by atoms with Gasteiger partial charge < -0.3 is 19.5 Å². The fourth-order valence-electron chi connectivity index (χ4n) is 2.30. The maximum Gasteiger partial charge on any atom is 0.342 e. The molecule has 162 valence electrons. The third-order valence-electron chi connectivity index (χ3n) is 3.79. The minimum absolute atomic E-state index is 0.102. The van der Waals surface area contributed by atoms with Crippen LogP contribution in [0.1, 0.15) is 20.7 Å². The maximum absolute atomic E-state index is 13.3. The van der Waals surface area contributed by atoms with Gasteiger partial charge in [0.1, 0.15) is 16.9 Å². The van der Waals surface area contributed by atoms with Crippen LogP contribution in [0.2, 0.25) is 0 Å². The molecule has 3 aromatic rings. The van der Waals surface area contributed by atoms with Gasteiger partial charge in [-0.05, 0) is 36.4 Å². The van der Waals surface area contributed by atoms with Crippen LogP contribution in [0.3, 0.4) is 0 Å². The zero-order valence-electron chi connectivity index (χ0n) is 16.9. The number of ether oxygens (including phenoxy) is 3. The van der Waals surface area contributed by atoms with Crippen LogP contribution in [-0.4, -0.2) is 43.2 Å². The lowest BCUT2D eigenvalue weighted by Gasteiger charge is -2.10. The first-order valence-corrected chi connectivity index (χ1v) is 8.74. The number of anilines is 2. The summed E-state index contributed by atoms with van der Waals surface area (Å²) in [6, 6.07) is 10.3. The molecule has 0 atom stereocenters. The van der Waals surface area contributed by atoms with Crippen LogP contribution in [0.15, 0.2) is 54.9 Å². The van der Waals surface area contributed by atoms with Crippen molar-refractivity contribution in [2.45, 2.75) is 0 Å². The Balaban J connectivity index is 0.000000262. The Kier molecular flexibility index (Phi) is 8.38. The van der Waals surface area contributed by atoms with E-state index in [1.54, 1.807) is 12.1 Å². The Morgan fingerprint density at radius 1 is 0.871 bits per heavy atom. The van der Waals surface area contributed by atoms with Gasteiger partial charge in [-0.25, -0.2) is 23.9 Å². The highest BCUT2D eigenvalue weighted by Gasteiger charge is 2.13. The molecule has 0 aliphatic heterocycles. The van der Waals surface area contributed by atoms with E-state index in [0.717, 1.165) is 0 Å². The number of aromatic nitrogens is 2. The smallest absolute Gasteiger partial charge is 0.342 e. The zero-order valence-corrected chi connectivity index (χ0v) is 16.9. The van der Waals surface area contributed by atoms with E-state index in [1.807, 2.05) is 0 Å². The predicted molar refractivity (Wildman–Crippen MR) is 107 cm³/mol. The van der Waals surface area contributed by atoms with Gasteiger partial charge >= 0.3 is 11.9 Å². The van der Waals surface area contributed by atoms with Crippen molar-refractivity contribution in [2.24, 2.45) is 0 Å². The van der Waals surface area contributed by atoms with E-state index in [2.05, 4.69) is 24.8 Å². The van der Waals surface area contributed by atoms with Crippen LogP contribution in [0.4, 0.5) is 20.3 Å². The van der Waals surface area contributed by atoms with E-state index in [-0.39, 0.29) is 11.3 Å². The molecule has 0 amide bonds. The van der Waals surface area contributed by atoms with Crippen molar-refractivity contribution in [1.29, 1.82) is 0 Å². The normalized spacial score (nSPS) is 9.71. The van der Waals surface area contributed by atoms with Gasteiger partial charge in [0.2, 0.25) is 5.95 Å². The highest BCUT2D eigenvalue weighted by molar-refractivity contribution is 5.95. The second kappa shape index (κ2) is 11.2. The predicted octanol–water partition coefficient (Wildman–Crippen LogP) is 3.77. The summed E-state index contributed by atoms with van der Waals surface area (Å²) in [5, 5.41) is 2.93. The average Bonchev–Trinajstić information content (AvgIpc) is 2.80. The Labute approximate surface area is 176 Å². The molecule has 10 heteroatoms. The average molecular weight is 431 g/mol. The lowest BCUT2D eigenvalue weighted by molar-refractivity contribution is 0.0588. The molecule has 0 unspecified atom stereocenters. The largest absolute Gasteiger partial charge is 0.494 e. The van der Waals surface area contributed by atoms with E-state index < -0.39 is 23.7 Å². The van der Waals surface area contributed by atoms with E-state index in [0.29, 0.717) is 17.1 Å². The van der Waals surface area contributed by atoms with Crippen molar-refractivity contribution in [2.75, 3.05) is 26.6 Å². The van der Waals surface area contributed by atoms with Crippen molar-refractivity contribution in [3.8, 4) is 5.75 Å². The second-order valence-electron chi connectivity index (χ2n) is 5.70. The molecule has 3 rings (SSSR count). The summed E-state index contributed by atoms with van der Waals surface area (Å²) < 4.78 is 39.8. The summed E-state index contributed by atoms with van der Waals surface area (Å²) in [6.45, 7) is 0. The standard InChI is InChI=1S/C14H13FN2O3.C7H6FNO2/c1-19-12-8-9(5-6-11(12)15)17-13-10(14(18)20-2)4-3-7-16-13;1-11-7(10)5-3-2-4-9-6(5)8/h3-8H,1-2H3,(H,16,17);2-4H,1H3. The Bertz CT molecular complexity index is 1060. The van der Waals surface area contributed by atoms with E-state index in [4.69, 9.17) is 4.74 Å². The number of carbonyl (C=O) groups excluding carboxylic acids is 2. The van der Waals surface area contributed by atoms with Gasteiger partial charge in [0.05, 0.1) is 21.3 Å². The summed E-state index contributed by atoms with van der Waals surface area (Å²) in [6.07, 6.45) is 2.80. The van der Waals surface area contributed by atoms with Crippen LogP contribution in [0.5, 0.6) is 5.75 Å². The molecule has 1 N–H and O–H groups in total. The van der Waals surface area contributed by atoms with E-state index >= 15 is 0 Å². The van der Waals surface area contributed by atoms with Crippen molar-refractivity contribution in [1.82, 2.24) is 9.97 Å². The number of pyridine rings is 2. The molecule has 0 saturated heterocycles. The van der Waals surface area contributed by atoms with Crippen LogP contribution in [0.25, 0.3) is 0 Å². The quantitative estimate of drug-likeness (QED) is 0.482. The third kappa shape index (κ3) is 6.20. The molecular weight excluding hydrogens is 412 g/mol. The monoisotopic (exact) mass is 431 g/mol. The molecule has 0 aliphatic rings. The molecule has 31 heavy (non-hydrogen) atoms. The molecular formula is C21H19F2N3O5. The number of benzene rings is 1. The number of esters is 2. The summed E-state index contributed by atoms with van der Waals surface area (Å²) in [5.74, 6) is -2.06. The van der Waals surface area contributed by atoms with Crippen LogP contribution in [-0.2, 0) is 9.47 Å². The number of nitrogens with zero attached hydrogens (tertiary/aromatic N) is 2. The highest BCUT2D eigenvalue weighted by Crippen LogP contribution is 2.25. The molecule has 1 aromatic carbocycles. The fraction of sp³-hybridized carbons (Fsp3) is 0.143. The van der Waals surface area contributed by atoms with E-state index in [9.17, 15) is 18.4 Å². The first kappa shape index (κ1) is 23.2. The van der Waals surface area contributed by atoms with Crippen molar-refractivity contribution < 1.29 is 32.6 Å². The van der Waals surface area contributed by atoms with Crippen molar-refractivity contribution in [3.05, 3.63) is 77.8 Å². The number of halogens is 2. The van der Waals surface area contributed by atoms with Crippen molar-refractivity contribution >= 4 is 23.4 Å². The summed E-state index contributed by atoms with van der Waals surface area (Å²) in [5.41, 5.74) is 0.695. The summed E-state index contributed by atoms with van der Waals surface area (Å²) in [4.78, 5) is 29.7. The number of nitrogens with one attached hydrogen (secondary N) is 1. The Morgan fingerprint density at radius 3 is 2.10 bits per heavy atom. The SMILES string of the molecule is COC(=O)c1cccnc1F.COC(=O)c1cccnc1Nc1ccc(F)c(OC)c1. The second-order valence-corrected chi connectivity index (χ2v) is 5.70. The molecule has 2 aromatic heterocycles. The first-order chi connectivity index (χ1) is 14.9. The number of hydrogen-bond donors (Lipinski definition) is 1. The molecule has 2 heterocycles. The summed E-state index contributed by atoms with van der Waals surface area (Å²) in [7, 11) is 3.86. The first-order valence-electron chi connectivity index (χ1n) is 8.74. The van der Waals surface area contributed by atoms with Gasteiger partial charge in [-0.1, -0.05) is 0 Å². The minimum Gasteiger partial charge on any atom is -0.494 e. The topological polar surface area (TPSA) is 99.6 Å². The van der Waals surface area contributed by atoms with E-state index in [1.165, 1.54) is 64.1 Å². The fourth-order valence-corrected chi connectivity index (χ4v) is 2.30. The van der Waals surface area contributed by atoms with Gasteiger partial charge in [0, 0.05) is 24.1 Å². The number of hydrogen-bond acceptors (Lipinski definition) is 8. The van der Waals surface area contributed by atoms with Gasteiger partial charge in [-0.3, -0.25) is 0 Å². The van der Waals surface area contributed by atoms with Crippen molar-refractivity contribution in [3.63, 3.8) is 0 Å². The molecule has 0 bridgehead atoms. The molecule has 0 spiro atoms. The molecule has 0 radical (unpaired) electrons. The lowest BCUT2D eigenvalue weighted by Crippen LogP contribution is -2.07. The molecule has 0 aliphatic carbocycles. The molecule has 0 fully saturated rings. The van der Waals surface area contributed by atoms with Crippen LogP contribution >= 0.6 is 0 Å². The van der Waals surface area contributed by atoms with Crippen LogP contribution < -0.4 is 10.1 Å². The van der Waals surface area contributed by atoms with Gasteiger partial charge in [-0.15, -0.1) is 0 Å². The lowest BCUT2D eigenvalue weighted by atomic mass is 10.2. The van der Waals surface area contributed by atoms with Gasteiger partial charge in [0.15, 0.2) is 11.6 Å². The van der Waals surface area contributed by atoms with Gasteiger partial charge in [0.25, 0.3) is 0 Å². The number of carbonyl (C=O) groups is 2. The van der Waals surface area contributed by atoms with Gasteiger partial charge in [-0.2, -0.15) is 4.39 Å². The number of rotatable bonds is 5. The Morgan fingerprint density at radius 2 is 1.48 bits per heavy atom. The third-order valence-corrected chi connectivity index (χ3v) is 3.79. The molecule has 8 nitrogen and oxygen atoms in total. The Hall–Kier alpha value is -4.08. The summed E-state index contributed by atoms with van der Waals surface area (Å²) >= 11 is 0. The zero-order chi connectivity index (χ0) is 22.8. The number of methoxy groups -OCH3 is 3. The minimum atomic E-state index is -0.806. The van der Waals surface area contributed by atoms with Crippen LogP contribution in [0, 0.1) is 11.8 Å². The molecule has 0 saturated carbocycles.